The van der Waals surface area contributed by atoms with Gasteiger partial charge in [0, 0.05) is 17.0 Å². The third-order valence-electron chi connectivity index (χ3n) is 3.63. The summed E-state index contributed by atoms with van der Waals surface area (Å²) in [7, 11) is 0. The number of rotatable bonds is 6. The van der Waals surface area contributed by atoms with E-state index >= 15 is 0 Å². The van der Waals surface area contributed by atoms with Gasteiger partial charge < -0.3 is 4.74 Å². The number of carbonyl (C=O) groups excluding carboxylic acids is 2. The van der Waals surface area contributed by atoms with Crippen LogP contribution in [-0.2, 0) is 20.7 Å². The fourth-order valence-corrected chi connectivity index (χ4v) is 2.54. The van der Waals surface area contributed by atoms with E-state index in [9.17, 15) is 32.9 Å². The predicted molar refractivity (Wildman–Crippen MR) is 86.2 cm³/mol. The predicted octanol–water partition coefficient (Wildman–Crippen LogP) is 3.98. The summed E-state index contributed by atoms with van der Waals surface area (Å²) in [5, 5.41) is 11.1. The van der Waals surface area contributed by atoms with E-state index in [-0.39, 0.29) is 6.42 Å². The number of ether oxygens (including phenoxy) is 1. The number of nitrogens with zero attached hydrogens (tertiary/aromatic N) is 1. The van der Waals surface area contributed by atoms with E-state index in [1.807, 2.05) is 0 Å². The summed E-state index contributed by atoms with van der Waals surface area (Å²) in [5.41, 5.74) is -3.09. The molecule has 0 aliphatic carbocycles. The van der Waals surface area contributed by atoms with Crippen molar-refractivity contribution in [2.75, 3.05) is 0 Å². The average molecular weight is 375 g/mol. The number of Topliss-reactive ketones (excluding diaryl/α,β-unsaturated/α-hetero) is 1. The van der Waals surface area contributed by atoms with Gasteiger partial charge in [0.2, 0.25) is 11.6 Å². The lowest BCUT2D eigenvalue weighted by atomic mass is 9.88. The van der Waals surface area contributed by atoms with Crippen molar-refractivity contribution in [3.8, 4) is 0 Å². The van der Waals surface area contributed by atoms with E-state index < -0.39 is 68.9 Å². The molecule has 1 atom stereocenters. The van der Waals surface area contributed by atoms with Crippen molar-refractivity contribution < 1.29 is 32.4 Å². The molecule has 0 aliphatic rings. The molecule has 0 saturated heterocycles. The van der Waals surface area contributed by atoms with Gasteiger partial charge >= 0.3 is 11.7 Å². The Morgan fingerprint density at radius 1 is 1.15 bits per heavy atom. The van der Waals surface area contributed by atoms with Crippen LogP contribution in [0.3, 0.4) is 0 Å². The van der Waals surface area contributed by atoms with E-state index in [1.165, 1.54) is 13.8 Å². The Balaban J connectivity index is 3.35. The van der Waals surface area contributed by atoms with Gasteiger partial charge in [0.15, 0.2) is 11.6 Å². The van der Waals surface area contributed by atoms with E-state index in [0.717, 1.165) is 0 Å². The molecule has 0 radical (unpaired) electrons. The van der Waals surface area contributed by atoms with Gasteiger partial charge in [-0.25, -0.2) is 8.78 Å². The Kier molecular flexibility index (Phi) is 6.51. The molecule has 1 unspecified atom stereocenters. The molecular weight excluding hydrogens is 355 g/mol. The van der Waals surface area contributed by atoms with Crippen LogP contribution in [0.4, 0.5) is 18.9 Å². The highest BCUT2D eigenvalue weighted by atomic mass is 19.2. The van der Waals surface area contributed by atoms with Crippen molar-refractivity contribution in [3.05, 3.63) is 38.7 Å². The Morgan fingerprint density at radius 2 is 1.69 bits per heavy atom. The van der Waals surface area contributed by atoms with E-state index in [0.29, 0.717) is 0 Å². The maximum atomic E-state index is 14.3. The second-order valence-electron chi connectivity index (χ2n) is 6.74. The first-order chi connectivity index (χ1) is 11.8. The normalized spacial score (nSPS) is 12.6. The largest absolute Gasteiger partial charge is 0.460 e. The lowest BCUT2D eigenvalue weighted by molar-refractivity contribution is -0.388. The van der Waals surface area contributed by atoms with Crippen LogP contribution < -0.4 is 0 Å². The summed E-state index contributed by atoms with van der Waals surface area (Å²) in [5.74, 6) is -8.71. The molecule has 1 aromatic carbocycles. The zero-order valence-electron chi connectivity index (χ0n) is 15.1. The third kappa shape index (κ3) is 4.59. The molecule has 1 aromatic rings. The smallest absolute Gasteiger partial charge is 0.313 e. The summed E-state index contributed by atoms with van der Waals surface area (Å²) in [4.78, 5) is 33.9. The molecule has 0 N–H and O–H groups in total. The first kappa shape index (κ1) is 21.6. The number of nitro groups is 1. The highest BCUT2D eigenvalue weighted by Crippen LogP contribution is 2.36. The first-order valence-electron chi connectivity index (χ1n) is 7.89. The number of halogens is 3. The number of hydrogen-bond donors (Lipinski definition) is 0. The minimum atomic E-state index is -2.03. The summed E-state index contributed by atoms with van der Waals surface area (Å²) in [6.45, 7) is 7.32. The maximum absolute atomic E-state index is 14.3. The molecule has 6 nitrogen and oxygen atoms in total. The van der Waals surface area contributed by atoms with Gasteiger partial charge in [-0.2, -0.15) is 4.39 Å². The van der Waals surface area contributed by atoms with E-state index in [4.69, 9.17) is 4.74 Å². The van der Waals surface area contributed by atoms with Crippen LogP contribution in [0.2, 0.25) is 0 Å². The van der Waals surface area contributed by atoms with Crippen LogP contribution >= 0.6 is 0 Å². The van der Waals surface area contributed by atoms with Crippen LogP contribution in [0.1, 0.15) is 58.1 Å². The van der Waals surface area contributed by atoms with E-state index in [1.54, 1.807) is 20.8 Å². The molecule has 9 heteroatoms. The van der Waals surface area contributed by atoms with Crippen LogP contribution in [0, 0.1) is 27.6 Å². The zero-order valence-corrected chi connectivity index (χ0v) is 15.1. The second-order valence-corrected chi connectivity index (χ2v) is 6.74. The molecule has 0 fully saturated rings. The number of carbonyl (C=O) groups is 2. The average Bonchev–Trinajstić information content (AvgIpc) is 2.49. The van der Waals surface area contributed by atoms with Crippen molar-refractivity contribution in [3.63, 3.8) is 0 Å². The number of ketones is 1. The number of hydrogen-bond acceptors (Lipinski definition) is 5. The van der Waals surface area contributed by atoms with Gasteiger partial charge in [-0.05, 0) is 27.2 Å². The van der Waals surface area contributed by atoms with E-state index in [2.05, 4.69) is 0 Å². The Hall–Kier alpha value is -2.45. The minimum absolute atomic E-state index is 0.205. The fraction of sp³-hybridized carbons (Fsp3) is 0.529. The number of esters is 1. The highest BCUT2D eigenvalue weighted by molar-refractivity contribution is 5.99. The van der Waals surface area contributed by atoms with Crippen molar-refractivity contribution in [1.29, 1.82) is 0 Å². The quantitative estimate of drug-likeness (QED) is 0.247. The molecule has 1 rings (SSSR count). The third-order valence-corrected chi connectivity index (χ3v) is 3.63. The highest BCUT2D eigenvalue weighted by Gasteiger charge is 2.35. The van der Waals surface area contributed by atoms with Crippen LogP contribution in [0.5, 0.6) is 0 Å². The fourth-order valence-electron chi connectivity index (χ4n) is 2.54. The van der Waals surface area contributed by atoms with Gasteiger partial charge in [-0.3, -0.25) is 19.7 Å². The molecular formula is C17H20F3NO5. The van der Waals surface area contributed by atoms with Crippen molar-refractivity contribution in [1.82, 2.24) is 0 Å². The lowest BCUT2D eigenvalue weighted by Crippen LogP contribution is -2.27. The first-order valence-corrected chi connectivity index (χ1v) is 7.89. The molecule has 0 spiro atoms. The van der Waals surface area contributed by atoms with Crippen molar-refractivity contribution >= 4 is 17.4 Å². The zero-order chi connectivity index (χ0) is 20.4. The van der Waals surface area contributed by atoms with Gasteiger partial charge in [0.1, 0.15) is 12.0 Å². The van der Waals surface area contributed by atoms with Gasteiger partial charge in [-0.15, -0.1) is 0 Å². The summed E-state index contributed by atoms with van der Waals surface area (Å²) in [6, 6.07) is 0. The molecule has 0 amide bonds. The second kappa shape index (κ2) is 7.84. The van der Waals surface area contributed by atoms with Crippen LogP contribution in [0.25, 0.3) is 0 Å². The molecule has 0 aliphatic heterocycles. The van der Waals surface area contributed by atoms with Gasteiger partial charge in [0.05, 0.1) is 4.92 Å². The minimum Gasteiger partial charge on any atom is -0.460 e. The topological polar surface area (TPSA) is 86.5 Å². The number of benzene rings is 1. The maximum Gasteiger partial charge on any atom is 0.313 e. The molecule has 0 saturated carbocycles. The number of nitro benzene ring substituents is 1. The standard InChI is InChI=1S/C17H20F3NO5/c1-6-9-12(13(18)14(19)15(20)16(9)21(24)25)8(2)10(22)7-11(23)26-17(3,4)5/h8H,6-7H2,1-5H3. The molecule has 144 valence electrons. The van der Waals surface area contributed by atoms with Gasteiger partial charge in [-0.1, -0.05) is 13.8 Å². The monoisotopic (exact) mass is 375 g/mol. The van der Waals surface area contributed by atoms with Crippen LogP contribution in [-0.4, -0.2) is 22.3 Å². The molecule has 26 heavy (non-hydrogen) atoms. The Labute approximate surface area is 148 Å². The Morgan fingerprint density at radius 3 is 2.12 bits per heavy atom. The lowest BCUT2D eigenvalue weighted by Gasteiger charge is -2.20. The summed E-state index contributed by atoms with van der Waals surface area (Å²) < 4.78 is 46.8. The Bertz CT molecular complexity index is 756. The SMILES string of the molecule is CCc1c(C(C)C(=O)CC(=O)OC(C)(C)C)c(F)c(F)c(F)c1[N+](=O)[O-]. The molecule has 0 bridgehead atoms. The molecule has 0 aromatic heterocycles. The van der Waals surface area contributed by atoms with Crippen molar-refractivity contribution in [2.45, 2.75) is 59.0 Å². The molecule has 0 heterocycles. The summed E-state index contributed by atoms with van der Waals surface area (Å²) in [6.07, 6.45) is -0.933. The van der Waals surface area contributed by atoms with Crippen molar-refractivity contribution in [2.24, 2.45) is 0 Å². The van der Waals surface area contributed by atoms with Gasteiger partial charge in [0.25, 0.3) is 0 Å². The summed E-state index contributed by atoms with van der Waals surface area (Å²) >= 11 is 0. The van der Waals surface area contributed by atoms with Crippen LogP contribution in [0.15, 0.2) is 0 Å².